The highest BCUT2D eigenvalue weighted by Crippen LogP contribution is 2.29. The van der Waals surface area contributed by atoms with E-state index in [1.54, 1.807) is 6.07 Å². The third-order valence-electron chi connectivity index (χ3n) is 4.63. The number of nitrogens with one attached hydrogen (secondary N) is 1. The minimum Gasteiger partial charge on any atom is -0.378 e. The number of hydrogen-bond donors (Lipinski definition) is 1. The van der Waals surface area contributed by atoms with E-state index in [0.29, 0.717) is 24.6 Å². The minimum atomic E-state index is -0.190. The topological polar surface area (TPSA) is 42.3 Å². The van der Waals surface area contributed by atoms with Crippen LogP contribution in [-0.2, 0) is 24.9 Å². The Morgan fingerprint density at radius 2 is 2.00 bits per heavy atom. The predicted octanol–water partition coefficient (Wildman–Crippen LogP) is 3.57. The Hall–Kier alpha value is -1.44. The lowest BCUT2D eigenvalue weighted by molar-refractivity contribution is 0.122. The zero-order chi connectivity index (χ0) is 18.7. The van der Waals surface area contributed by atoms with Crippen molar-refractivity contribution in [1.29, 1.82) is 0 Å². The minimum absolute atomic E-state index is 0.190. The molecule has 0 aliphatic carbocycles. The molecule has 0 spiro atoms. The van der Waals surface area contributed by atoms with Crippen molar-refractivity contribution in [2.45, 2.75) is 32.9 Å². The normalized spacial score (nSPS) is 15.1. The van der Waals surface area contributed by atoms with Gasteiger partial charge in [0.2, 0.25) is 0 Å². The highest BCUT2D eigenvalue weighted by atomic mass is 79.9. The average molecular weight is 425 g/mol. The number of hydrogen-bond acceptors (Lipinski definition) is 4. The first kappa shape index (κ1) is 19.3. The van der Waals surface area contributed by atoms with Crippen LogP contribution in [0.1, 0.15) is 36.6 Å². The smallest absolute Gasteiger partial charge is 0.131 e. The maximum absolute atomic E-state index is 14.0. The molecule has 0 saturated carbocycles. The third kappa shape index (κ3) is 4.27. The molecule has 2 heterocycles. The van der Waals surface area contributed by atoms with Gasteiger partial charge in [-0.3, -0.25) is 4.68 Å². The molecule has 3 rings (SSSR count). The van der Waals surface area contributed by atoms with Gasteiger partial charge in [0.05, 0.1) is 18.9 Å². The number of nitrogens with zero attached hydrogens (tertiary/aromatic N) is 3. The Kier molecular flexibility index (Phi) is 6.32. The van der Waals surface area contributed by atoms with E-state index < -0.39 is 0 Å². The number of aryl methyl sites for hydroxylation is 1. The number of aromatic nitrogens is 2. The molecule has 0 atom stereocenters. The molecular formula is C19H26BrFN4O. The van der Waals surface area contributed by atoms with Crippen LogP contribution in [0.25, 0.3) is 0 Å². The molecule has 1 N–H and O–H groups in total. The maximum atomic E-state index is 14.0. The molecular weight excluding hydrogens is 399 g/mol. The molecule has 0 bridgehead atoms. The molecule has 1 aromatic carbocycles. The second-order valence-corrected chi connectivity index (χ2v) is 7.82. The Morgan fingerprint density at radius 3 is 2.69 bits per heavy atom. The van der Waals surface area contributed by atoms with Crippen LogP contribution >= 0.6 is 15.9 Å². The van der Waals surface area contributed by atoms with Gasteiger partial charge in [-0.25, -0.2) is 4.39 Å². The van der Waals surface area contributed by atoms with Gasteiger partial charge in [-0.15, -0.1) is 0 Å². The van der Waals surface area contributed by atoms with Crippen LogP contribution in [0, 0.1) is 5.82 Å². The summed E-state index contributed by atoms with van der Waals surface area (Å²) in [6.45, 7) is 8.64. The van der Waals surface area contributed by atoms with Crippen LogP contribution < -0.4 is 10.2 Å². The summed E-state index contributed by atoms with van der Waals surface area (Å²) in [5.74, 6) is 1.28. The number of benzene rings is 1. The van der Waals surface area contributed by atoms with Gasteiger partial charge in [0, 0.05) is 48.8 Å². The lowest BCUT2D eigenvalue weighted by Gasteiger charge is -2.29. The fourth-order valence-electron chi connectivity index (χ4n) is 3.38. The van der Waals surface area contributed by atoms with E-state index in [0.717, 1.165) is 42.3 Å². The maximum Gasteiger partial charge on any atom is 0.131 e. The third-order valence-corrected chi connectivity index (χ3v) is 5.12. The van der Waals surface area contributed by atoms with Gasteiger partial charge >= 0.3 is 0 Å². The Balaban J connectivity index is 1.80. The average Bonchev–Trinajstić information content (AvgIpc) is 2.95. The van der Waals surface area contributed by atoms with Crippen molar-refractivity contribution in [2.24, 2.45) is 7.05 Å². The number of morpholine rings is 1. The molecule has 26 heavy (non-hydrogen) atoms. The van der Waals surface area contributed by atoms with Gasteiger partial charge in [-0.05, 0) is 24.1 Å². The monoisotopic (exact) mass is 424 g/mol. The van der Waals surface area contributed by atoms with E-state index in [1.165, 1.54) is 11.6 Å². The molecule has 1 fully saturated rings. The zero-order valence-electron chi connectivity index (χ0n) is 15.6. The van der Waals surface area contributed by atoms with E-state index in [4.69, 9.17) is 9.84 Å². The van der Waals surface area contributed by atoms with E-state index in [1.807, 2.05) is 17.8 Å². The molecule has 0 amide bonds. The van der Waals surface area contributed by atoms with Crippen LogP contribution in [0.2, 0.25) is 0 Å². The number of halogens is 2. The molecule has 1 aliphatic rings. The van der Waals surface area contributed by atoms with Gasteiger partial charge in [-0.2, -0.15) is 5.10 Å². The van der Waals surface area contributed by atoms with Crippen LogP contribution in [0.3, 0.4) is 0 Å². The highest BCUT2D eigenvalue weighted by molar-refractivity contribution is 9.10. The Morgan fingerprint density at radius 1 is 1.27 bits per heavy atom. The number of ether oxygens (including phenoxy) is 1. The first-order valence-corrected chi connectivity index (χ1v) is 9.79. The molecule has 1 aromatic heterocycles. The standard InChI is InChI=1S/C19H26BrFN4O/c1-13(2)18-16(12-22-11-14-10-15(20)4-5-17(14)21)19(24(3)23-18)25-6-8-26-9-7-25/h4-5,10,13,22H,6-9,11-12H2,1-3H3. The van der Waals surface area contributed by atoms with E-state index in [2.05, 4.69) is 40.0 Å². The summed E-state index contributed by atoms with van der Waals surface area (Å²) < 4.78 is 22.3. The molecule has 0 radical (unpaired) electrons. The second kappa shape index (κ2) is 8.50. The van der Waals surface area contributed by atoms with Crippen LogP contribution in [0.5, 0.6) is 0 Å². The first-order chi connectivity index (χ1) is 12.5. The predicted molar refractivity (Wildman–Crippen MR) is 105 cm³/mol. The summed E-state index contributed by atoms with van der Waals surface area (Å²) in [6.07, 6.45) is 0. The van der Waals surface area contributed by atoms with E-state index in [-0.39, 0.29) is 5.82 Å². The summed E-state index contributed by atoms with van der Waals surface area (Å²) in [6, 6.07) is 5.02. The van der Waals surface area contributed by atoms with E-state index in [9.17, 15) is 4.39 Å². The van der Waals surface area contributed by atoms with Crippen molar-refractivity contribution >= 4 is 21.7 Å². The molecule has 2 aromatic rings. The summed E-state index contributed by atoms with van der Waals surface area (Å²) >= 11 is 3.40. The lowest BCUT2D eigenvalue weighted by atomic mass is 10.0. The van der Waals surface area contributed by atoms with Gasteiger partial charge in [0.25, 0.3) is 0 Å². The largest absolute Gasteiger partial charge is 0.378 e. The summed E-state index contributed by atoms with van der Waals surface area (Å²) in [5.41, 5.74) is 2.94. The fourth-order valence-corrected chi connectivity index (χ4v) is 3.79. The summed E-state index contributed by atoms with van der Waals surface area (Å²) in [5, 5.41) is 8.16. The van der Waals surface area contributed by atoms with Crippen LogP contribution in [0.4, 0.5) is 10.2 Å². The molecule has 142 valence electrons. The van der Waals surface area contributed by atoms with Gasteiger partial charge in [0.1, 0.15) is 11.6 Å². The molecule has 1 aliphatic heterocycles. The first-order valence-electron chi connectivity index (χ1n) is 9.00. The second-order valence-electron chi connectivity index (χ2n) is 6.90. The lowest BCUT2D eigenvalue weighted by Crippen LogP contribution is -2.38. The Labute approximate surface area is 162 Å². The van der Waals surface area contributed by atoms with Gasteiger partial charge < -0.3 is 15.0 Å². The van der Waals surface area contributed by atoms with Crippen molar-refractivity contribution in [3.05, 3.63) is 45.3 Å². The molecule has 7 heteroatoms. The van der Waals surface area contributed by atoms with Crippen LogP contribution in [-0.4, -0.2) is 36.1 Å². The fraction of sp³-hybridized carbons (Fsp3) is 0.526. The van der Waals surface area contributed by atoms with Crippen molar-refractivity contribution in [2.75, 3.05) is 31.2 Å². The van der Waals surface area contributed by atoms with E-state index >= 15 is 0 Å². The number of anilines is 1. The van der Waals surface area contributed by atoms with Crippen molar-refractivity contribution < 1.29 is 9.13 Å². The SMILES string of the molecule is CC(C)c1nn(C)c(N2CCOCC2)c1CNCc1cc(Br)ccc1F. The van der Waals surface area contributed by atoms with Crippen molar-refractivity contribution in [1.82, 2.24) is 15.1 Å². The number of rotatable bonds is 6. The molecule has 1 saturated heterocycles. The summed E-state index contributed by atoms with van der Waals surface area (Å²) in [4.78, 5) is 2.33. The quantitative estimate of drug-likeness (QED) is 0.769. The van der Waals surface area contributed by atoms with Gasteiger partial charge in [-0.1, -0.05) is 29.8 Å². The Bertz CT molecular complexity index is 756. The summed E-state index contributed by atoms with van der Waals surface area (Å²) in [7, 11) is 1.99. The van der Waals surface area contributed by atoms with Crippen LogP contribution in [0.15, 0.2) is 22.7 Å². The molecule has 5 nitrogen and oxygen atoms in total. The van der Waals surface area contributed by atoms with Crippen molar-refractivity contribution in [3.63, 3.8) is 0 Å². The zero-order valence-corrected chi connectivity index (χ0v) is 17.1. The van der Waals surface area contributed by atoms with Crippen molar-refractivity contribution in [3.8, 4) is 0 Å². The van der Waals surface area contributed by atoms with Gasteiger partial charge in [0.15, 0.2) is 0 Å². The highest BCUT2D eigenvalue weighted by Gasteiger charge is 2.24. The molecule has 0 unspecified atom stereocenters.